The highest BCUT2D eigenvalue weighted by Crippen LogP contribution is 2.52. The van der Waals surface area contributed by atoms with Gasteiger partial charge in [0.15, 0.2) is 0 Å². The third-order valence-corrected chi connectivity index (χ3v) is 7.87. The lowest BCUT2D eigenvalue weighted by molar-refractivity contribution is 0.311. The third kappa shape index (κ3) is 3.11. The Morgan fingerprint density at radius 3 is 2.31 bits per heavy atom. The Bertz CT molecular complexity index is 1610. The summed E-state index contributed by atoms with van der Waals surface area (Å²) in [5.74, 6) is 0.0904. The lowest BCUT2D eigenvalue weighted by Crippen LogP contribution is -2.38. The van der Waals surface area contributed by atoms with E-state index in [1.807, 2.05) is 0 Å². The second-order valence-electron chi connectivity index (χ2n) is 9.75. The van der Waals surface area contributed by atoms with E-state index in [9.17, 15) is 0 Å². The van der Waals surface area contributed by atoms with Gasteiger partial charge in [-0.2, -0.15) is 0 Å². The summed E-state index contributed by atoms with van der Waals surface area (Å²) >= 11 is 0. The molecule has 0 saturated heterocycles. The van der Waals surface area contributed by atoms with E-state index in [0.29, 0.717) is 0 Å². The maximum atomic E-state index is 4.32. The molecule has 1 aromatic heterocycles. The van der Waals surface area contributed by atoms with Gasteiger partial charge in [-0.05, 0) is 45.9 Å². The van der Waals surface area contributed by atoms with Crippen molar-refractivity contribution in [1.82, 2.24) is 9.88 Å². The highest BCUT2D eigenvalue weighted by Gasteiger charge is 2.40. The number of nitrogens with one attached hydrogen (secondary N) is 1. The molecular formula is C34H28N2. The summed E-state index contributed by atoms with van der Waals surface area (Å²) in [6, 6.07) is 39.6. The quantitative estimate of drug-likeness (QED) is 0.267. The fraction of sp³-hybridized carbons (Fsp3) is 0.118. The molecule has 36 heavy (non-hydrogen) atoms. The van der Waals surface area contributed by atoms with Gasteiger partial charge in [0, 0.05) is 34.8 Å². The zero-order valence-corrected chi connectivity index (χ0v) is 20.2. The molecule has 3 heterocycles. The first-order valence-electron chi connectivity index (χ1n) is 12.8. The molecule has 174 valence electrons. The summed E-state index contributed by atoms with van der Waals surface area (Å²) in [4.78, 5) is 6.48. The minimum Gasteiger partial charge on any atom is -0.358 e. The number of benzene rings is 4. The van der Waals surface area contributed by atoms with Crippen LogP contribution in [0, 0.1) is 0 Å². The lowest BCUT2D eigenvalue weighted by Gasteiger charge is -2.46. The van der Waals surface area contributed by atoms with Crippen molar-refractivity contribution in [2.45, 2.75) is 18.4 Å². The molecule has 1 N–H and O–H groups in total. The normalized spacial score (nSPS) is 17.3. The van der Waals surface area contributed by atoms with Crippen LogP contribution in [0.25, 0.3) is 22.2 Å². The number of H-pyrrole nitrogens is 1. The van der Waals surface area contributed by atoms with Gasteiger partial charge in [0.2, 0.25) is 0 Å². The van der Waals surface area contributed by atoms with E-state index in [-0.39, 0.29) is 12.0 Å². The lowest BCUT2D eigenvalue weighted by atomic mass is 9.76. The van der Waals surface area contributed by atoms with Crippen LogP contribution in [0.4, 0.5) is 0 Å². The molecule has 2 atom stereocenters. The summed E-state index contributed by atoms with van der Waals surface area (Å²) < 4.78 is 0. The van der Waals surface area contributed by atoms with E-state index in [2.05, 4.69) is 132 Å². The standard InChI is InChI=1S/C34H28N2/c1-2-25(23-13-5-3-6-14-23)31-27-18-9-10-19-29(27)34-32-28(26-17-11-12-20-30(26)35-32)21-22-36(34)33(31)24-15-7-4-8-16-24/h2-20,25,34-35H,1,21-22H2. The van der Waals surface area contributed by atoms with E-state index >= 15 is 0 Å². The second kappa shape index (κ2) is 8.42. The van der Waals surface area contributed by atoms with Crippen LogP contribution in [0.15, 0.2) is 122 Å². The van der Waals surface area contributed by atoms with Gasteiger partial charge in [0.25, 0.3) is 0 Å². The zero-order chi connectivity index (χ0) is 24.1. The summed E-state index contributed by atoms with van der Waals surface area (Å²) in [7, 11) is 0. The molecule has 2 aliphatic heterocycles. The van der Waals surface area contributed by atoms with Gasteiger partial charge in [-0.25, -0.2) is 0 Å². The number of hydrogen-bond donors (Lipinski definition) is 1. The minimum absolute atomic E-state index is 0.0904. The zero-order valence-electron chi connectivity index (χ0n) is 20.2. The number of nitrogens with zero attached hydrogens (tertiary/aromatic N) is 1. The number of allylic oxidation sites excluding steroid dienone is 2. The first-order valence-corrected chi connectivity index (χ1v) is 12.8. The first kappa shape index (κ1) is 21.0. The summed E-state index contributed by atoms with van der Waals surface area (Å²) in [5, 5.41) is 1.36. The molecule has 2 aliphatic rings. The van der Waals surface area contributed by atoms with Crippen molar-refractivity contribution in [2.24, 2.45) is 0 Å². The number of hydrogen-bond acceptors (Lipinski definition) is 1. The van der Waals surface area contributed by atoms with Crippen molar-refractivity contribution in [3.05, 3.63) is 155 Å². The van der Waals surface area contributed by atoms with Crippen LogP contribution < -0.4 is 0 Å². The molecule has 0 saturated carbocycles. The van der Waals surface area contributed by atoms with E-state index in [1.165, 1.54) is 55.7 Å². The van der Waals surface area contributed by atoms with Crippen LogP contribution in [0.2, 0.25) is 0 Å². The first-order chi connectivity index (χ1) is 17.8. The van der Waals surface area contributed by atoms with Crippen LogP contribution in [0.1, 0.15) is 45.5 Å². The fourth-order valence-electron chi connectivity index (χ4n) is 6.38. The maximum absolute atomic E-state index is 4.32. The minimum atomic E-state index is 0.0904. The van der Waals surface area contributed by atoms with E-state index in [4.69, 9.17) is 0 Å². The van der Waals surface area contributed by atoms with Gasteiger partial charge in [-0.3, -0.25) is 0 Å². The van der Waals surface area contributed by atoms with Crippen molar-refractivity contribution in [3.63, 3.8) is 0 Å². The van der Waals surface area contributed by atoms with Crippen LogP contribution >= 0.6 is 0 Å². The van der Waals surface area contributed by atoms with Crippen LogP contribution in [-0.4, -0.2) is 16.4 Å². The van der Waals surface area contributed by atoms with Crippen molar-refractivity contribution >= 4 is 22.2 Å². The molecule has 0 bridgehead atoms. The van der Waals surface area contributed by atoms with Crippen molar-refractivity contribution in [1.29, 1.82) is 0 Å². The largest absolute Gasteiger partial charge is 0.358 e. The van der Waals surface area contributed by atoms with Crippen molar-refractivity contribution in [2.75, 3.05) is 6.54 Å². The molecule has 0 spiro atoms. The third-order valence-electron chi connectivity index (χ3n) is 7.87. The number of rotatable bonds is 4. The topological polar surface area (TPSA) is 19.0 Å². The SMILES string of the molecule is C=CC(C1=C(c2ccccc2)N2CCc3c([nH]c4ccccc34)C2c2ccccc21)c1ccccc1. The molecule has 7 rings (SSSR count). The van der Waals surface area contributed by atoms with Gasteiger partial charge < -0.3 is 9.88 Å². The Hall–Kier alpha value is -4.30. The molecule has 0 fully saturated rings. The maximum Gasteiger partial charge on any atom is 0.0953 e. The molecular weight excluding hydrogens is 436 g/mol. The van der Waals surface area contributed by atoms with Gasteiger partial charge in [0.05, 0.1) is 6.04 Å². The van der Waals surface area contributed by atoms with Gasteiger partial charge in [-0.1, -0.05) is 109 Å². The van der Waals surface area contributed by atoms with Crippen LogP contribution in [0.5, 0.6) is 0 Å². The summed E-state index contributed by atoms with van der Waals surface area (Å²) in [5.41, 5.74) is 11.9. The molecule has 2 heteroatoms. The monoisotopic (exact) mass is 464 g/mol. The molecule has 5 aromatic rings. The predicted molar refractivity (Wildman–Crippen MR) is 150 cm³/mol. The Labute approximate surface area is 212 Å². The average Bonchev–Trinajstić information content (AvgIpc) is 3.33. The Morgan fingerprint density at radius 2 is 1.50 bits per heavy atom. The number of fused-ring (bicyclic) bond motifs is 7. The van der Waals surface area contributed by atoms with Crippen LogP contribution in [0.3, 0.4) is 0 Å². The Kier molecular flexibility index (Phi) is 4.92. The fourth-order valence-corrected chi connectivity index (χ4v) is 6.38. The molecule has 0 amide bonds. The van der Waals surface area contributed by atoms with Crippen molar-refractivity contribution < 1.29 is 0 Å². The van der Waals surface area contributed by atoms with Gasteiger partial charge in [0.1, 0.15) is 0 Å². The highest BCUT2D eigenvalue weighted by molar-refractivity contribution is 5.97. The number of aromatic amines is 1. The average molecular weight is 465 g/mol. The number of para-hydroxylation sites is 1. The summed E-state index contributed by atoms with van der Waals surface area (Å²) in [6.45, 7) is 5.30. The Morgan fingerprint density at radius 1 is 0.806 bits per heavy atom. The highest BCUT2D eigenvalue weighted by atomic mass is 15.2. The molecule has 2 unspecified atom stereocenters. The summed E-state index contributed by atoms with van der Waals surface area (Å²) in [6.07, 6.45) is 3.13. The Balaban J connectivity index is 1.54. The van der Waals surface area contributed by atoms with E-state index in [1.54, 1.807) is 0 Å². The molecule has 0 radical (unpaired) electrons. The van der Waals surface area contributed by atoms with E-state index < -0.39 is 0 Å². The molecule has 4 aromatic carbocycles. The molecule has 0 aliphatic carbocycles. The van der Waals surface area contributed by atoms with E-state index in [0.717, 1.165) is 13.0 Å². The second-order valence-corrected chi connectivity index (χ2v) is 9.75. The predicted octanol–water partition coefficient (Wildman–Crippen LogP) is 7.97. The van der Waals surface area contributed by atoms with Gasteiger partial charge >= 0.3 is 0 Å². The molecule has 2 nitrogen and oxygen atoms in total. The smallest absolute Gasteiger partial charge is 0.0953 e. The number of aromatic nitrogens is 1. The van der Waals surface area contributed by atoms with Crippen molar-refractivity contribution in [3.8, 4) is 0 Å². The van der Waals surface area contributed by atoms with Gasteiger partial charge in [-0.15, -0.1) is 6.58 Å². The van der Waals surface area contributed by atoms with Crippen LogP contribution in [-0.2, 0) is 6.42 Å².